The van der Waals surface area contributed by atoms with Gasteiger partial charge < -0.3 is 5.32 Å². The highest BCUT2D eigenvalue weighted by Gasteiger charge is 2.11. The number of carbonyl (C=O) groups is 1. The molecule has 94 valence electrons. The zero-order valence-electron chi connectivity index (χ0n) is 10.3. The minimum Gasteiger partial charge on any atom is -0.312 e. The Kier molecular flexibility index (Phi) is 4.99. The molecule has 0 amide bonds. The van der Waals surface area contributed by atoms with Crippen LogP contribution in [0.25, 0.3) is 0 Å². The molecule has 0 aromatic heterocycles. The predicted molar refractivity (Wildman–Crippen MR) is 73.2 cm³/mol. The van der Waals surface area contributed by atoms with Crippen molar-refractivity contribution in [2.45, 2.75) is 32.7 Å². The summed E-state index contributed by atoms with van der Waals surface area (Å²) in [7, 11) is 0. The molecule has 0 fully saturated rings. The van der Waals surface area contributed by atoms with Gasteiger partial charge in [-0.25, -0.2) is 0 Å². The second kappa shape index (κ2) is 5.85. The summed E-state index contributed by atoms with van der Waals surface area (Å²) < 4.78 is 0. The minimum absolute atomic E-state index is 0.0257. The van der Waals surface area contributed by atoms with Crippen LogP contribution < -0.4 is 5.32 Å². The predicted octanol–water partition coefficient (Wildman–Crippen LogP) is 3.95. The van der Waals surface area contributed by atoms with Crippen LogP contribution >= 0.6 is 23.2 Å². The number of hydrogen-bond acceptors (Lipinski definition) is 2. The van der Waals surface area contributed by atoms with Crippen molar-refractivity contribution in [1.29, 1.82) is 0 Å². The van der Waals surface area contributed by atoms with Crippen molar-refractivity contribution < 1.29 is 4.79 Å². The molecular formula is C13H17Cl2NO. The van der Waals surface area contributed by atoms with Crippen molar-refractivity contribution in [3.8, 4) is 0 Å². The van der Waals surface area contributed by atoms with Gasteiger partial charge >= 0.3 is 0 Å². The zero-order chi connectivity index (χ0) is 13.1. The van der Waals surface area contributed by atoms with Gasteiger partial charge in [0.05, 0.1) is 10.0 Å². The SMILES string of the molecule is CC(C)(C)NCCC(=O)c1ccc(Cl)c(Cl)c1. The van der Waals surface area contributed by atoms with Crippen LogP contribution in [0.3, 0.4) is 0 Å². The maximum Gasteiger partial charge on any atom is 0.164 e. The normalized spacial score (nSPS) is 11.6. The summed E-state index contributed by atoms with van der Waals surface area (Å²) in [6.45, 7) is 6.85. The van der Waals surface area contributed by atoms with Crippen LogP contribution in [0.15, 0.2) is 18.2 Å². The van der Waals surface area contributed by atoms with Crippen molar-refractivity contribution in [2.75, 3.05) is 6.54 Å². The molecule has 1 N–H and O–H groups in total. The second-order valence-corrected chi connectivity index (χ2v) is 5.79. The number of ketones is 1. The number of rotatable bonds is 4. The molecule has 1 aromatic rings. The molecule has 2 nitrogen and oxygen atoms in total. The molecule has 0 saturated carbocycles. The third-order valence-corrected chi connectivity index (χ3v) is 2.99. The van der Waals surface area contributed by atoms with E-state index in [4.69, 9.17) is 23.2 Å². The first-order chi connectivity index (χ1) is 7.79. The van der Waals surface area contributed by atoms with Crippen LogP contribution in [0.2, 0.25) is 10.0 Å². The van der Waals surface area contributed by atoms with Gasteiger partial charge in [-0.1, -0.05) is 23.2 Å². The number of hydrogen-bond donors (Lipinski definition) is 1. The summed E-state index contributed by atoms with van der Waals surface area (Å²) in [5.41, 5.74) is 0.632. The van der Waals surface area contributed by atoms with Gasteiger partial charge in [-0.15, -0.1) is 0 Å². The third-order valence-electron chi connectivity index (χ3n) is 2.25. The van der Waals surface area contributed by atoms with Gasteiger partial charge in [0.2, 0.25) is 0 Å². The highest BCUT2D eigenvalue weighted by atomic mass is 35.5. The molecule has 1 rings (SSSR count). The summed E-state index contributed by atoms with van der Waals surface area (Å²) in [5.74, 6) is 0.0697. The average Bonchev–Trinajstić information content (AvgIpc) is 2.20. The number of carbonyl (C=O) groups excluding carboxylic acids is 1. The van der Waals surface area contributed by atoms with Gasteiger partial charge in [0.1, 0.15) is 0 Å². The number of halogens is 2. The van der Waals surface area contributed by atoms with Gasteiger partial charge in [0, 0.05) is 24.1 Å². The third kappa shape index (κ3) is 5.07. The van der Waals surface area contributed by atoms with Gasteiger partial charge in [-0.05, 0) is 39.0 Å². The Morgan fingerprint density at radius 2 is 1.88 bits per heavy atom. The lowest BCUT2D eigenvalue weighted by Crippen LogP contribution is -2.37. The molecule has 0 aliphatic carbocycles. The Bertz CT molecular complexity index is 410. The standard InChI is InChI=1S/C13H17Cl2NO/c1-13(2,3)16-7-6-12(17)9-4-5-10(14)11(15)8-9/h4-5,8,16H,6-7H2,1-3H3. The Balaban J connectivity index is 2.56. The van der Waals surface area contributed by atoms with Crippen LogP contribution in [-0.4, -0.2) is 17.9 Å². The first-order valence-electron chi connectivity index (χ1n) is 5.53. The lowest BCUT2D eigenvalue weighted by Gasteiger charge is -2.20. The Labute approximate surface area is 112 Å². The molecule has 0 aliphatic rings. The van der Waals surface area contributed by atoms with E-state index in [0.29, 0.717) is 28.6 Å². The van der Waals surface area contributed by atoms with Crippen LogP contribution in [0.5, 0.6) is 0 Å². The van der Waals surface area contributed by atoms with Gasteiger partial charge in [-0.2, -0.15) is 0 Å². The summed E-state index contributed by atoms with van der Waals surface area (Å²) >= 11 is 11.7. The zero-order valence-corrected chi connectivity index (χ0v) is 11.8. The Morgan fingerprint density at radius 1 is 1.24 bits per heavy atom. The molecular weight excluding hydrogens is 257 g/mol. The fourth-order valence-electron chi connectivity index (χ4n) is 1.36. The molecule has 17 heavy (non-hydrogen) atoms. The quantitative estimate of drug-likeness (QED) is 0.842. The average molecular weight is 274 g/mol. The number of benzene rings is 1. The first-order valence-corrected chi connectivity index (χ1v) is 6.28. The number of nitrogens with one attached hydrogen (secondary N) is 1. The molecule has 1 aromatic carbocycles. The molecule has 0 unspecified atom stereocenters. The van der Waals surface area contributed by atoms with E-state index in [1.54, 1.807) is 18.2 Å². The highest BCUT2D eigenvalue weighted by molar-refractivity contribution is 6.42. The van der Waals surface area contributed by atoms with E-state index in [-0.39, 0.29) is 11.3 Å². The summed E-state index contributed by atoms with van der Waals surface area (Å²) in [4.78, 5) is 11.9. The summed E-state index contributed by atoms with van der Waals surface area (Å²) in [6.07, 6.45) is 0.454. The number of Topliss-reactive ketones (excluding diaryl/α,β-unsaturated/α-hetero) is 1. The smallest absolute Gasteiger partial charge is 0.164 e. The molecule has 0 saturated heterocycles. The van der Waals surface area contributed by atoms with Crippen molar-refractivity contribution >= 4 is 29.0 Å². The maximum atomic E-state index is 11.9. The van der Waals surface area contributed by atoms with Crippen LogP contribution in [0, 0.1) is 0 Å². The largest absolute Gasteiger partial charge is 0.312 e. The second-order valence-electron chi connectivity index (χ2n) is 4.98. The monoisotopic (exact) mass is 273 g/mol. The topological polar surface area (TPSA) is 29.1 Å². The van der Waals surface area contributed by atoms with E-state index in [9.17, 15) is 4.79 Å². The van der Waals surface area contributed by atoms with E-state index in [1.807, 2.05) is 0 Å². The van der Waals surface area contributed by atoms with Crippen LogP contribution in [0.1, 0.15) is 37.6 Å². The summed E-state index contributed by atoms with van der Waals surface area (Å²) in [5, 5.41) is 4.16. The fraction of sp³-hybridized carbons (Fsp3) is 0.462. The molecule has 0 aliphatic heterocycles. The van der Waals surface area contributed by atoms with Crippen LogP contribution in [0.4, 0.5) is 0 Å². The minimum atomic E-state index is 0.0257. The molecule has 0 heterocycles. The van der Waals surface area contributed by atoms with Crippen molar-refractivity contribution in [3.63, 3.8) is 0 Å². The fourth-order valence-corrected chi connectivity index (χ4v) is 1.66. The first kappa shape index (κ1) is 14.5. The maximum absolute atomic E-state index is 11.9. The van der Waals surface area contributed by atoms with E-state index < -0.39 is 0 Å². The van der Waals surface area contributed by atoms with E-state index in [0.717, 1.165) is 0 Å². The Morgan fingerprint density at radius 3 is 2.41 bits per heavy atom. The lowest BCUT2D eigenvalue weighted by atomic mass is 10.1. The molecule has 0 atom stereocenters. The summed E-state index contributed by atoms with van der Waals surface area (Å²) in [6, 6.07) is 4.96. The van der Waals surface area contributed by atoms with E-state index in [2.05, 4.69) is 26.1 Å². The molecule has 0 bridgehead atoms. The van der Waals surface area contributed by atoms with E-state index in [1.165, 1.54) is 0 Å². The molecule has 0 spiro atoms. The van der Waals surface area contributed by atoms with Gasteiger partial charge in [0.25, 0.3) is 0 Å². The van der Waals surface area contributed by atoms with Crippen molar-refractivity contribution in [3.05, 3.63) is 33.8 Å². The Hall–Kier alpha value is -0.570. The van der Waals surface area contributed by atoms with Crippen molar-refractivity contribution in [2.24, 2.45) is 0 Å². The van der Waals surface area contributed by atoms with Crippen molar-refractivity contribution in [1.82, 2.24) is 5.32 Å². The molecule has 4 heteroatoms. The van der Waals surface area contributed by atoms with Gasteiger partial charge in [-0.3, -0.25) is 4.79 Å². The van der Waals surface area contributed by atoms with Gasteiger partial charge in [0.15, 0.2) is 5.78 Å². The highest BCUT2D eigenvalue weighted by Crippen LogP contribution is 2.23. The molecule has 0 radical (unpaired) electrons. The lowest BCUT2D eigenvalue weighted by molar-refractivity contribution is 0.0980. The van der Waals surface area contributed by atoms with Crippen LogP contribution in [-0.2, 0) is 0 Å². The van der Waals surface area contributed by atoms with E-state index >= 15 is 0 Å².